The van der Waals surface area contributed by atoms with Crippen LogP contribution in [0.4, 0.5) is 0 Å². The van der Waals surface area contributed by atoms with E-state index in [2.05, 4.69) is 25.6 Å². The molecule has 0 spiro atoms. The van der Waals surface area contributed by atoms with Crippen LogP contribution in [-0.4, -0.2) is 27.3 Å². The van der Waals surface area contributed by atoms with E-state index in [9.17, 15) is 10.1 Å². The number of allylic oxidation sites excluding steroid dienone is 1. The van der Waals surface area contributed by atoms with E-state index in [4.69, 9.17) is 11.5 Å². The van der Waals surface area contributed by atoms with Crippen LogP contribution in [-0.2, 0) is 6.54 Å². The SMILES string of the molecule is CN=C(/C(=C\N)c1ccc2c(=O)[nH]nc(CN)c2c1)c1ccc2nscc2c1C#N. The van der Waals surface area contributed by atoms with Gasteiger partial charge in [0.15, 0.2) is 0 Å². The number of hydrogen-bond donors (Lipinski definition) is 3. The minimum absolute atomic E-state index is 0.174. The number of nitriles is 1. The molecule has 5 N–H and O–H groups in total. The maximum Gasteiger partial charge on any atom is 0.272 e. The predicted octanol–water partition coefficient (Wildman–Crippen LogP) is 2.28. The van der Waals surface area contributed by atoms with Crippen LogP contribution in [0, 0.1) is 11.3 Å². The van der Waals surface area contributed by atoms with Gasteiger partial charge in [-0.15, -0.1) is 0 Å². The second-order valence-corrected chi connectivity index (χ2v) is 7.09. The summed E-state index contributed by atoms with van der Waals surface area (Å²) in [5.74, 6) is 0. The molecule has 0 saturated carbocycles. The summed E-state index contributed by atoms with van der Waals surface area (Å²) in [6.45, 7) is 0.174. The zero-order valence-corrected chi connectivity index (χ0v) is 16.8. The van der Waals surface area contributed by atoms with E-state index in [-0.39, 0.29) is 12.1 Å². The third-order valence-electron chi connectivity index (χ3n) is 4.93. The number of fused-ring (bicyclic) bond motifs is 2. The van der Waals surface area contributed by atoms with Crippen molar-refractivity contribution in [2.45, 2.75) is 6.54 Å². The van der Waals surface area contributed by atoms with Gasteiger partial charge in [0.2, 0.25) is 0 Å². The topological polar surface area (TPSA) is 147 Å². The van der Waals surface area contributed by atoms with E-state index in [1.165, 1.54) is 17.7 Å². The Morgan fingerprint density at radius 1 is 1.30 bits per heavy atom. The van der Waals surface area contributed by atoms with E-state index in [1.54, 1.807) is 19.2 Å². The first-order valence-corrected chi connectivity index (χ1v) is 9.85. The van der Waals surface area contributed by atoms with Crippen molar-refractivity contribution >= 4 is 44.5 Å². The monoisotopic (exact) mass is 415 g/mol. The quantitative estimate of drug-likeness (QED) is 0.436. The highest BCUT2D eigenvalue weighted by Gasteiger charge is 2.19. The van der Waals surface area contributed by atoms with Gasteiger partial charge in [-0.05, 0) is 41.4 Å². The van der Waals surface area contributed by atoms with Crippen LogP contribution in [0.25, 0.3) is 27.2 Å². The fourth-order valence-electron chi connectivity index (χ4n) is 3.50. The number of benzene rings is 2. The van der Waals surface area contributed by atoms with Crippen molar-refractivity contribution in [3.8, 4) is 6.07 Å². The van der Waals surface area contributed by atoms with E-state index in [0.717, 1.165) is 16.5 Å². The Kier molecular flexibility index (Phi) is 5.10. The standard InChI is InChI=1S/C21H17N7OS/c1-25-20(12-4-5-18-17(10-30-28-18)16(12)8-23)15(7-22)11-2-3-13-14(6-11)19(9-24)26-27-21(13)29/h2-7,10H,9,22,24H2,1H3,(H,27,29)/b15-7-,25-20?. The van der Waals surface area contributed by atoms with Gasteiger partial charge in [0.1, 0.15) is 6.07 Å². The van der Waals surface area contributed by atoms with Gasteiger partial charge in [0.05, 0.1) is 27.9 Å². The largest absolute Gasteiger partial charge is 0.404 e. The molecule has 0 radical (unpaired) electrons. The summed E-state index contributed by atoms with van der Waals surface area (Å²) in [4.78, 5) is 16.6. The molecule has 0 atom stereocenters. The molecule has 4 aromatic rings. The van der Waals surface area contributed by atoms with Gasteiger partial charge in [-0.25, -0.2) is 5.10 Å². The van der Waals surface area contributed by atoms with Crippen molar-refractivity contribution in [2.24, 2.45) is 16.5 Å². The molecule has 0 bridgehead atoms. The molecule has 2 aromatic carbocycles. The van der Waals surface area contributed by atoms with Gasteiger partial charge in [-0.3, -0.25) is 9.79 Å². The van der Waals surface area contributed by atoms with Gasteiger partial charge in [-0.2, -0.15) is 14.7 Å². The molecule has 4 rings (SSSR count). The normalized spacial score (nSPS) is 12.4. The zero-order valence-electron chi connectivity index (χ0n) is 16.0. The number of aliphatic imine (C=N–C) groups is 1. The Morgan fingerprint density at radius 2 is 2.13 bits per heavy atom. The molecule has 0 aliphatic rings. The molecule has 0 aliphatic carbocycles. The van der Waals surface area contributed by atoms with Crippen LogP contribution in [0.1, 0.15) is 22.4 Å². The lowest BCUT2D eigenvalue weighted by Gasteiger charge is -2.14. The van der Waals surface area contributed by atoms with E-state index in [0.29, 0.717) is 38.9 Å². The summed E-state index contributed by atoms with van der Waals surface area (Å²) in [6.07, 6.45) is 1.45. The highest BCUT2D eigenvalue weighted by molar-refractivity contribution is 7.04. The van der Waals surface area contributed by atoms with Crippen molar-refractivity contribution in [3.05, 3.63) is 74.6 Å². The Morgan fingerprint density at radius 3 is 2.83 bits per heavy atom. The first-order chi connectivity index (χ1) is 14.6. The molecule has 0 fully saturated rings. The van der Waals surface area contributed by atoms with Crippen LogP contribution in [0.15, 0.2) is 51.7 Å². The molecule has 9 heteroatoms. The minimum atomic E-state index is -0.293. The molecule has 8 nitrogen and oxygen atoms in total. The van der Waals surface area contributed by atoms with E-state index < -0.39 is 0 Å². The van der Waals surface area contributed by atoms with Gasteiger partial charge in [0.25, 0.3) is 5.56 Å². The Balaban J connectivity index is 1.92. The molecule has 0 unspecified atom stereocenters. The maximum atomic E-state index is 12.1. The fourth-order valence-corrected chi connectivity index (χ4v) is 4.17. The predicted molar refractivity (Wildman–Crippen MR) is 119 cm³/mol. The molecule has 0 amide bonds. The molecule has 0 aliphatic heterocycles. The van der Waals surface area contributed by atoms with Crippen LogP contribution in [0.3, 0.4) is 0 Å². The third-order valence-corrected chi connectivity index (χ3v) is 5.57. The van der Waals surface area contributed by atoms with Crippen LogP contribution >= 0.6 is 11.5 Å². The minimum Gasteiger partial charge on any atom is -0.404 e. The van der Waals surface area contributed by atoms with Crippen LogP contribution < -0.4 is 17.0 Å². The van der Waals surface area contributed by atoms with Crippen LogP contribution in [0.2, 0.25) is 0 Å². The second kappa shape index (κ2) is 7.87. The van der Waals surface area contributed by atoms with Crippen molar-refractivity contribution in [3.63, 3.8) is 0 Å². The average Bonchev–Trinajstić information content (AvgIpc) is 3.26. The number of rotatable bonds is 4. The first-order valence-electron chi connectivity index (χ1n) is 9.01. The molecule has 2 heterocycles. The van der Waals surface area contributed by atoms with Gasteiger partial charge >= 0.3 is 0 Å². The molecular weight excluding hydrogens is 398 g/mol. The number of nitrogens with one attached hydrogen (secondary N) is 1. The number of H-pyrrole nitrogens is 1. The Labute approximate surface area is 175 Å². The van der Waals surface area contributed by atoms with Gasteiger partial charge < -0.3 is 11.5 Å². The summed E-state index contributed by atoms with van der Waals surface area (Å²) in [5, 5.41) is 20.1. The first kappa shape index (κ1) is 19.4. The highest BCUT2D eigenvalue weighted by Crippen LogP contribution is 2.29. The molecular formula is C21H17N7OS. The van der Waals surface area contributed by atoms with Gasteiger partial charge in [0, 0.05) is 47.1 Å². The van der Waals surface area contributed by atoms with Crippen LogP contribution in [0.5, 0.6) is 0 Å². The molecule has 148 valence electrons. The number of hydrogen-bond acceptors (Lipinski definition) is 8. The van der Waals surface area contributed by atoms with E-state index >= 15 is 0 Å². The van der Waals surface area contributed by atoms with Crippen molar-refractivity contribution in [1.82, 2.24) is 14.6 Å². The van der Waals surface area contributed by atoms with Crippen molar-refractivity contribution in [2.75, 3.05) is 7.05 Å². The lowest BCUT2D eigenvalue weighted by molar-refractivity contribution is 0.900. The molecule has 2 aromatic heterocycles. The maximum absolute atomic E-state index is 12.1. The number of aromatic amines is 1. The fraction of sp³-hybridized carbons (Fsp3) is 0.0952. The Hall–Kier alpha value is -3.87. The molecule has 30 heavy (non-hydrogen) atoms. The summed E-state index contributed by atoms with van der Waals surface area (Å²) >= 11 is 1.30. The van der Waals surface area contributed by atoms with Crippen molar-refractivity contribution in [1.29, 1.82) is 5.26 Å². The lowest BCUT2D eigenvalue weighted by atomic mass is 9.91. The smallest absolute Gasteiger partial charge is 0.272 e. The van der Waals surface area contributed by atoms with E-state index in [1.807, 2.05) is 23.6 Å². The summed E-state index contributed by atoms with van der Waals surface area (Å²) in [6, 6.07) is 11.3. The average molecular weight is 415 g/mol. The Bertz CT molecular complexity index is 1440. The second-order valence-electron chi connectivity index (χ2n) is 6.46. The summed E-state index contributed by atoms with van der Waals surface area (Å²) < 4.78 is 4.30. The van der Waals surface area contributed by atoms with Gasteiger partial charge in [-0.1, -0.05) is 6.07 Å². The third kappa shape index (κ3) is 3.04. The lowest BCUT2D eigenvalue weighted by Crippen LogP contribution is -2.14. The number of aromatic nitrogens is 3. The zero-order chi connectivity index (χ0) is 21.3. The summed E-state index contributed by atoms with van der Waals surface area (Å²) in [5.41, 5.74) is 15.9. The number of nitrogens with two attached hydrogens (primary N) is 2. The highest BCUT2D eigenvalue weighted by atomic mass is 32.1. The number of nitrogens with zero attached hydrogens (tertiary/aromatic N) is 4. The van der Waals surface area contributed by atoms with Crippen molar-refractivity contribution < 1.29 is 0 Å². The molecule has 0 saturated heterocycles. The summed E-state index contributed by atoms with van der Waals surface area (Å²) in [7, 11) is 1.65.